The van der Waals surface area contributed by atoms with Crippen LogP contribution < -0.4 is 0 Å². The summed E-state index contributed by atoms with van der Waals surface area (Å²) in [5.74, 6) is 0. The molecule has 0 aromatic heterocycles. The molecule has 0 spiro atoms. The van der Waals surface area contributed by atoms with Crippen LogP contribution in [0.3, 0.4) is 0 Å². The molecule has 0 fully saturated rings. The Bertz CT molecular complexity index is 225. The number of nitrogens with zero attached hydrogens (tertiary/aromatic N) is 1. The summed E-state index contributed by atoms with van der Waals surface area (Å²) in [4.78, 5) is 17.3. The molecule has 0 bridgehead atoms. The SMILES string of the molecule is O=C(F)C[N+](=O)[O-].c1ccccc1. The van der Waals surface area contributed by atoms with Crippen molar-refractivity contribution >= 4 is 6.04 Å². The molecule has 0 saturated carbocycles. The molecule has 0 radical (unpaired) electrons. The van der Waals surface area contributed by atoms with Gasteiger partial charge in [-0.05, 0) is 0 Å². The van der Waals surface area contributed by atoms with Crippen LogP contribution in [0.4, 0.5) is 4.39 Å². The Morgan fingerprint density at radius 1 is 1.15 bits per heavy atom. The number of carbonyl (C=O) groups excluding carboxylic acids is 1. The second-order valence-electron chi connectivity index (χ2n) is 2.00. The molecule has 5 heteroatoms. The van der Waals surface area contributed by atoms with Gasteiger partial charge in [-0.25, -0.2) is 0 Å². The predicted molar refractivity (Wildman–Crippen MR) is 44.4 cm³/mol. The van der Waals surface area contributed by atoms with E-state index in [2.05, 4.69) is 0 Å². The quantitative estimate of drug-likeness (QED) is 0.398. The van der Waals surface area contributed by atoms with Gasteiger partial charge in [0.1, 0.15) is 0 Å². The fourth-order valence-electron chi connectivity index (χ4n) is 0.486. The fourth-order valence-corrected chi connectivity index (χ4v) is 0.486. The maximum absolute atomic E-state index is 10.9. The van der Waals surface area contributed by atoms with Crippen LogP contribution in [0.5, 0.6) is 0 Å². The zero-order valence-corrected chi connectivity index (χ0v) is 6.72. The van der Waals surface area contributed by atoms with Gasteiger partial charge in [-0.2, -0.15) is 4.39 Å². The zero-order valence-electron chi connectivity index (χ0n) is 6.72. The van der Waals surface area contributed by atoms with Gasteiger partial charge in [-0.1, -0.05) is 36.4 Å². The Hall–Kier alpha value is -1.78. The van der Waals surface area contributed by atoms with Crippen molar-refractivity contribution in [3.05, 3.63) is 46.5 Å². The summed E-state index contributed by atoms with van der Waals surface area (Å²) in [6, 6.07) is 10.1. The molecule has 0 atom stereocenters. The first-order valence-electron chi connectivity index (χ1n) is 3.43. The van der Waals surface area contributed by atoms with Gasteiger partial charge in [-0.15, -0.1) is 0 Å². The highest BCUT2D eigenvalue weighted by Crippen LogP contribution is 1.79. The van der Waals surface area contributed by atoms with Crippen LogP contribution in [-0.4, -0.2) is 17.5 Å². The van der Waals surface area contributed by atoms with E-state index >= 15 is 0 Å². The summed E-state index contributed by atoms with van der Waals surface area (Å²) in [6.45, 7) is -1.22. The first-order valence-corrected chi connectivity index (χ1v) is 3.43. The van der Waals surface area contributed by atoms with E-state index in [1.807, 2.05) is 36.4 Å². The van der Waals surface area contributed by atoms with Gasteiger partial charge in [0.05, 0.1) is 0 Å². The van der Waals surface area contributed by atoms with Crippen LogP contribution in [0.25, 0.3) is 0 Å². The molecule has 1 rings (SSSR count). The third-order valence-corrected chi connectivity index (χ3v) is 0.920. The Morgan fingerprint density at radius 2 is 1.46 bits per heavy atom. The Labute approximate surface area is 74.1 Å². The molecule has 0 saturated heterocycles. The van der Waals surface area contributed by atoms with E-state index in [0.717, 1.165) is 0 Å². The monoisotopic (exact) mass is 185 g/mol. The van der Waals surface area contributed by atoms with Gasteiger partial charge in [0.15, 0.2) is 0 Å². The van der Waals surface area contributed by atoms with Crippen LogP contribution in [-0.2, 0) is 4.79 Å². The summed E-state index contributed by atoms with van der Waals surface area (Å²) < 4.78 is 10.9. The van der Waals surface area contributed by atoms with Crippen molar-refractivity contribution in [1.29, 1.82) is 0 Å². The Balaban J connectivity index is 0.000000223. The normalized spacial score (nSPS) is 8.08. The van der Waals surface area contributed by atoms with E-state index in [9.17, 15) is 4.39 Å². The highest BCUT2D eigenvalue weighted by molar-refractivity contribution is 5.68. The highest BCUT2D eigenvalue weighted by atomic mass is 19.1. The summed E-state index contributed by atoms with van der Waals surface area (Å²) >= 11 is 0. The van der Waals surface area contributed by atoms with Gasteiger partial charge in [-0.3, -0.25) is 14.9 Å². The second kappa shape index (κ2) is 6.90. The van der Waals surface area contributed by atoms with E-state index in [1.54, 1.807) is 0 Å². The number of nitro groups is 1. The van der Waals surface area contributed by atoms with Crippen molar-refractivity contribution in [1.82, 2.24) is 0 Å². The molecule has 0 heterocycles. The lowest BCUT2D eigenvalue weighted by Crippen LogP contribution is -2.07. The van der Waals surface area contributed by atoms with Gasteiger partial charge in [0.25, 0.3) is 6.54 Å². The largest absolute Gasteiger partial charge is 0.371 e. The number of hydrogen-bond acceptors (Lipinski definition) is 3. The summed E-state index contributed by atoms with van der Waals surface area (Å²) in [6.07, 6.45) is 0. The second-order valence-corrected chi connectivity index (χ2v) is 2.00. The third-order valence-electron chi connectivity index (χ3n) is 0.920. The maximum Gasteiger partial charge on any atom is 0.371 e. The lowest BCUT2D eigenvalue weighted by atomic mass is 10.4. The smallest absolute Gasteiger partial charge is 0.264 e. The number of benzene rings is 1. The molecule has 0 amide bonds. The molecule has 0 aliphatic rings. The average molecular weight is 185 g/mol. The molecule has 0 unspecified atom stereocenters. The standard InChI is InChI=1S/C6H6.C2H2FNO3/c1-2-4-6-5-3-1;3-2(5)1-4(6)7/h1-6H;1H2. The zero-order chi connectivity index (χ0) is 10.1. The van der Waals surface area contributed by atoms with Crippen LogP contribution in [0.15, 0.2) is 36.4 Å². The minimum absolute atomic E-state index is 1.03. The van der Waals surface area contributed by atoms with Gasteiger partial charge < -0.3 is 0 Å². The van der Waals surface area contributed by atoms with Crippen molar-refractivity contribution in [3.63, 3.8) is 0 Å². The minimum atomic E-state index is -1.91. The van der Waals surface area contributed by atoms with Gasteiger partial charge in [0, 0.05) is 4.92 Å². The Morgan fingerprint density at radius 3 is 1.54 bits per heavy atom. The van der Waals surface area contributed by atoms with Crippen molar-refractivity contribution in [2.24, 2.45) is 0 Å². The van der Waals surface area contributed by atoms with Crippen molar-refractivity contribution in [2.75, 3.05) is 6.54 Å². The first-order chi connectivity index (χ1) is 6.13. The molecule has 0 N–H and O–H groups in total. The average Bonchev–Trinajstić information content (AvgIpc) is 2.06. The lowest BCUT2D eigenvalue weighted by molar-refractivity contribution is -0.468. The summed E-state index contributed by atoms with van der Waals surface area (Å²) in [7, 11) is 0. The van der Waals surface area contributed by atoms with Crippen molar-refractivity contribution in [3.8, 4) is 0 Å². The molecule has 0 aliphatic carbocycles. The van der Waals surface area contributed by atoms with E-state index in [0.29, 0.717) is 0 Å². The molecule has 0 aliphatic heterocycles. The van der Waals surface area contributed by atoms with E-state index in [4.69, 9.17) is 14.9 Å². The van der Waals surface area contributed by atoms with Gasteiger partial charge >= 0.3 is 6.04 Å². The van der Waals surface area contributed by atoms with E-state index < -0.39 is 17.5 Å². The van der Waals surface area contributed by atoms with Crippen LogP contribution in [0.1, 0.15) is 0 Å². The third kappa shape index (κ3) is 10.2. The summed E-state index contributed by atoms with van der Waals surface area (Å²) in [5, 5.41) is 9.15. The Kier molecular flexibility index (Phi) is 5.96. The van der Waals surface area contributed by atoms with E-state index in [1.165, 1.54) is 0 Å². The molecule has 70 valence electrons. The topological polar surface area (TPSA) is 60.2 Å². The van der Waals surface area contributed by atoms with E-state index in [-0.39, 0.29) is 0 Å². The number of halogens is 1. The number of hydrogen-bond donors (Lipinski definition) is 0. The number of carbonyl (C=O) groups is 1. The van der Waals surface area contributed by atoms with Gasteiger partial charge in [0.2, 0.25) is 0 Å². The van der Waals surface area contributed by atoms with Crippen molar-refractivity contribution < 1.29 is 14.1 Å². The molecular weight excluding hydrogens is 177 g/mol. The first kappa shape index (κ1) is 11.2. The summed E-state index contributed by atoms with van der Waals surface area (Å²) in [5.41, 5.74) is 0. The van der Waals surface area contributed by atoms with Crippen LogP contribution >= 0.6 is 0 Å². The fraction of sp³-hybridized carbons (Fsp3) is 0.125. The van der Waals surface area contributed by atoms with Crippen LogP contribution in [0, 0.1) is 10.1 Å². The molecule has 13 heavy (non-hydrogen) atoms. The van der Waals surface area contributed by atoms with Crippen molar-refractivity contribution in [2.45, 2.75) is 0 Å². The number of rotatable bonds is 2. The predicted octanol–water partition coefficient (Wildman–Crippen LogP) is 1.45. The minimum Gasteiger partial charge on any atom is -0.264 e. The maximum atomic E-state index is 10.9. The lowest BCUT2D eigenvalue weighted by Gasteiger charge is -1.77. The molecule has 1 aromatic carbocycles. The molecule has 1 aromatic rings. The molecule has 4 nitrogen and oxygen atoms in total. The molecular formula is C8H8FNO3. The van der Waals surface area contributed by atoms with Crippen LogP contribution in [0.2, 0.25) is 0 Å². The highest BCUT2D eigenvalue weighted by Gasteiger charge is 2.04.